The predicted octanol–water partition coefficient (Wildman–Crippen LogP) is 5.74. The van der Waals surface area contributed by atoms with E-state index in [1.165, 1.54) is 0 Å². The summed E-state index contributed by atoms with van der Waals surface area (Å²) in [6.45, 7) is 1.39. The van der Waals surface area contributed by atoms with Crippen molar-refractivity contribution in [2.24, 2.45) is 0 Å². The molecule has 0 saturated heterocycles. The third-order valence-electron chi connectivity index (χ3n) is 8.66. The van der Waals surface area contributed by atoms with E-state index in [1.807, 2.05) is 6.07 Å². The van der Waals surface area contributed by atoms with Crippen LogP contribution in [0.25, 0.3) is 0 Å². The summed E-state index contributed by atoms with van der Waals surface area (Å²) in [6, 6.07) is 28.3. The summed E-state index contributed by atoms with van der Waals surface area (Å²) < 4.78 is 10.3. The van der Waals surface area contributed by atoms with Gasteiger partial charge in [0, 0.05) is 47.5 Å². The van der Waals surface area contributed by atoms with Gasteiger partial charge in [-0.15, -0.1) is 0 Å². The molecule has 53 heavy (non-hydrogen) atoms. The first-order valence-corrected chi connectivity index (χ1v) is 17.9. The number of benzene rings is 4. The van der Waals surface area contributed by atoms with Crippen molar-refractivity contribution >= 4 is 29.4 Å². The van der Waals surface area contributed by atoms with Crippen molar-refractivity contribution < 1.29 is 33.4 Å². The number of rotatable bonds is 21. The number of ether oxygens (including phenoxy) is 2. The SMILES string of the molecule is COc1ccc(C(=O)NCCCCCCNC(=O)[C@H](CCCCNC(=O)c2ccc(C(=O)c3ccccc3)cc2)NC(=O)c2ccc(OC)cc2)cc1. The van der Waals surface area contributed by atoms with Gasteiger partial charge in [-0.1, -0.05) is 55.3 Å². The van der Waals surface area contributed by atoms with Gasteiger partial charge in [0.1, 0.15) is 17.5 Å². The topological polar surface area (TPSA) is 152 Å². The van der Waals surface area contributed by atoms with Crippen LogP contribution >= 0.6 is 0 Å². The molecule has 11 heteroatoms. The molecule has 0 radical (unpaired) electrons. The molecule has 0 aliphatic carbocycles. The predicted molar refractivity (Wildman–Crippen MR) is 204 cm³/mol. The van der Waals surface area contributed by atoms with Crippen molar-refractivity contribution in [3.63, 3.8) is 0 Å². The molecule has 0 aliphatic rings. The molecule has 1 atom stereocenters. The maximum absolute atomic E-state index is 13.2. The molecule has 278 valence electrons. The molecule has 4 aromatic carbocycles. The fraction of sp³-hybridized carbons (Fsp3) is 0.310. The van der Waals surface area contributed by atoms with Crippen molar-refractivity contribution in [3.8, 4) is 11.5 Å². The highest BCUT2D eigenvalue weighted by Gasteiger charge is 2.21. The molecular formula is C42H48N4O7. The lowest BCUT2D eigenvalue weighted by molar-refractivity contribution is -0.123. The maximum Gasteiger partial charge on any atom is 0.251 e. The van der Waals surface area contributed by atoms with Crippen molar-refractivity contribution in [3.05, 3.63) is 131 Å². The lowest BCUT2D eigenvalue weighted by Crippen LogP contribution is -2.47. The van der Waals surface area contributed by atoms with E-state index in [-0.39, 0.29) is 29.4 Å². The Kier molecular flexibility index (Phi) is 16.1. The lowest BCUT2D eigenvalue weighted by atomic mass is 10.0. The Morgan fingerprint density at radius 3 is 1.40 bits per heavy atom. The summed E-state index contributed by atoms with van der Waals surface area (Å²) in [4.78, 5) is 64.0. The molecule has 4 aromatic rings. The van der Waals surface area contributed by atoms with E-state index in [9.17, 15) is 24.0 Å². The summed E-state index contributed by atoms with van der Waals surface area (Å²) in [5.74, 6) is 0.172. The first-order chi connectivity index (χ1) is 25.8. The Bertz CT molecular complexity index is 1780. The Morgan fingerprint density at radius 2 is 0.887 bits per heavy atom. The average molecular weight is 721 g/mol. The van der Waals surface area contributed by atoms with Crippen LogP contribution in [-0.4, -0.2) is 69.3 Å². The van der Waals surface area contributed by atoms with E-state index < -0.39 is 6.04 Å². The lowest BCUT2D eigenvalue weighted by Gasteiger charge is -2.19. The van der Waals surface area contributed by atoms with Gasteiger partial charge in [-0.25, -0.2) is 0 Å². The summed E-state index contributed by atoms with van der Waals surface area (Å²) in [5, 5.41) is 11.6. The van der Waals surface area contributed by atoms with Gasteiger partial charge in [-0.2, -0.15) is 0 Å². The third kappa shape index (κ3) is 12.9. The van der Waals surface area contributed by atoms with Crippen molar-refractivity contribution in [2.75, 3.05) is 33.9 Å². The molecule has 0 unspecified atom stereocenters. The van der Waals surface area contributed by atoms with Crippen LogP contribution in [-0.2, 0) is 4.79 Å². The van der Waals surface area contributed by atoms with Gasteiger partial charge in [0.15, 0.2) is 5.78 Å². The van der Waals surface area contributed by atoms with E-state index in [0.717, 1.165) is 25.7 Å². The Morgan fingerprint density at radius 1 is 0.472 bits per heavy atom. The van der Waals surface area contributed by atoms with Crippen LogP contribution in [0, 0.1) is 0 Å². The highest BCUT2D eigenvalue weighted by molar-refractivity contribution is 6.09. The minimum absolute atomic E-state index is 0.112. The Hall–Kier alpha value is -5.97. The van der Waals surface area contributed by atoms with Crippen molar-refractivity contribution in [2.45, 2.75) is 51.0 Å². The monoisotopic (exact) mass is 720 g/mol. The molecular weight excluding hydrogens is 672 g/mol. The highest BCUT2D eigenvalue weighted by Crippen LogP contribution is 2.14. The normalized spacial score (nSPS) is 11.1. The highest BCUT2D eigenvalue weighted by atomic mass is 16.5. The van der Waals surface area contributed by atoms with Crippen LogP contribution in [0.3, 0.4) is 0 Å². The van der Waals surface area contributed by atoms with Gasteiger partial charge in [0.05, 0.1) is 14.2 Å². The van der Waals surface area contributed by atoms with E-state index in [4.69, 9.17) is 9.47 Å². The molecule has 0 saturated carbocycles. The summed E-state index contributed by atoms with van der Waals surface area (Å²) in [7, 11) is 3.12. The van der Waals surface area contributed by atoms with Gasteiger partial charge in [0.25, 0.3) is 17.7 Å². The van der Waals surface area contributed by atoms with Crippen LogP contribution in [0.15, 0.2) is 103 Å². The molecule has 0 bridgehead atoms. The Balaban J connectivity index is 1.18. The number of carbonyl (C=O) groups excluding carboxylic acids is 5. The van der Waals surface area contributed by atoms with Crippen LogP contribution in [0.2, 0.25) is 0 Å². The van der Waals surface area contributed by atoms with E-state index in [2.05, 4.69) is 21.3 Å². The molecule has 0 heterocycles. The van der Waals surface area contributed by atoms with Crippen LogP contribution in [0.4, 0.5) is 0 Å². The van der Waals surface area contributed by atoms with Crippen molar-refractivity contribution in [1.29, 1.82) is 0 Å². The van der Waals surface area contributed by atoms with Gasteiger partial charge >= 0.3 is 0 Å². The van der Waals surface area contributed by atoms with Crippen LogP contribution < -0.4 is 30.7 Å². The second kappa shape index (κ2) is 21.4. The first-order valence-electron chi connectivity index (χ1n) is 17.9. The first kappa shape index (κ1) is 39.8. The molecule has 11 nitrogen and oxygen atoms in total. The number of ketones is 1. The minimum Gasteiger partial charge on any atom is -0.497 e. The number of amides is 4. The third-order valence-corrected chi connectivity index (χ3v) is 8.66. The number of hydrogen-bond acceptors (Lipinski definition) is 7. The van der Waals surface area contributed by atoms with Gasteiger partial charge in [0.2, 0.25) is 5.91 Å². The molecule has 0 aromatic heterocycles. The zero-order valence-electron chi connectivity index (χ0n) is 30.3. The fourth-order valence-corrected chi connectivity index (χ4v) is 5.54. The standard InChI is InChI=1S/C42H48N4O7/c1-52-35-23-19-33(20-24-35)40(49)43-27-9-3-4-10-28-45-42(51)37(46-41(50)34-21-25-36(53-2)26-22-34)14-8-11-29-44-39(48)32-17-15-31(16-18-32)38(47)30-12-6-5-7-13-30/h5-7,12-13,15-26,37H,3-4,8-11,14,27-29H2,1-2H3,(H,43,49)(H,44,48)(H,45,51)(H,46,50)/t37-/m0/s1. The zero-order chi connectivity index (χ0) is 37.8. The van der Waals surface area contributed by atoms with E-state index in [1.54, 1.807) is 111 Å². The molecule has 4 rings (SSSR count). The zero-order valence-corrected chi connectivity index (χ0v) is 30.3. The number of hydrogen-bond donors (Lipinski definition) is 4. The van der Waals surface area contributed by atoms with Gasteiger partial charge in [-0.3, -0.25) is 24.0 Å². The van der Waals surface area contributed by atoms with Crippen LogP contribution in [0.1, 0.15) is 91.9 Å². The smallest absolute Gasteiger partial charge is 0.251 e. The summed E-state index contributed by atoms with van der Waals surface area (Å²) >= 11 is 0. The van der Waals surface area contributed by atoms with E-state index in [0.29, 0.717) is 78.2 Å². The quantitative estimate of drug-likeness (QED) is 0.0633. The molecule has 4 amide bonds. The summed E-state index contributed by atoms with van der Waals surface area (Å²) in [5.41, 5.74) is 2.51. The van der Waals surface area contributed by atoms with E-state index >= 15 is 0 Å². The molecule has 0 fully saturated rings. The second-order valence-electron chi connectivity index (χ2n) is 12.5. The number of nitrogens with one attached hydrogen (secondary N) is 4. The van der Waals surface area contributed by atoms with Gasteiger partial charge in [-0.05, 0) is 92.8 Å². The van der Waals surface area contributed by atoms with Gasteiger partial charge < -0.3 is 30.7 Å². The average Bonchev–Trinajstić information content (AvgIpc) is 3.21. The number of methoxy groups -OCH3 is 2. The van der Waals surface area contributed by atoms with Crippen LogP contribution in [0.5, 0.6) is 11.5 Å². The maximum atomic E-state index is 13.2. The fourth-order valence-electron chi connectivity index (χ4n) is 5.54. The molecule has 0 spiro atoms. The molecule has 4 N–H and O–H groups in total. The number of unbranched alkanes of at least 4 members (excludes halogenated alkanes) is 4. The Labute approximate surface area is 310 Å². The largest absolute Gasteiger partial charge is 0.497 e. The minimum atomic E-state index is -0.761. The molecule has 0 aliphatic heterocycles. The number of carbonyl (C=O) groups is 5. The second-order valence-corrected chi connectivity index (χ2v) is 12.5. The van der Waals surface area contributed by atoms with Crippen molar-refractivity contribution in [1.82, 2.24) is 21.3 Å². The summed E-state index contributed by atoms with van der Waals surface area (Å²) in [6.07, 6.45) is 4.87.